The van der Waals surface area contributed by atoms with Crippen molar-refractivity contribution in [3.63, 3.8) is 0 Å². The average molecular weight is 365 g/mol. The Labute approximate surface area is 158 Å². The number of ether oxygens (including phenoxy) is 1. The number of nitrogens with one attached hydrogen (secondary N) is 1. The van der Waals surface area contributed by atoms with Crippen LogP contribution in [0.15, 0.2) is 52.9 Å². The number of aryl methyl sites for hydroxylation is 1. The van der Waals surface area contributed by atoms with Crippen molar-refractivity contribution >= 4 is 28.5 Å². The van der Waals surface area contributed by atoms with Crippen LogP contribution in [0.4, 0.5) is 5.69 Å². The summed E-state index contributed by atoms with van der Waals surface area (Å²) in [5.74, 6) is -0.930. The lowest BCUT2D eigenvalue weighted by Crippen LogP contribution is -2.21. The number of carbonyl (C=O) groups excluding carboxylic acids is 2. The number of fused-ring (bicyclic) bond motifs is 1. The minimum atomic E-state index is -0.651. The summed E-state index contributed by atoms with van der Waals surface area (Å²) in [5.41, 5.74) is 3.19. The zero-order valence-electron chi connectivity index (χ0n) is 16.0. The van der Waals surface area contributed by atoms with E-state index in [1.165, 1.54) is 5.56 Å². The van der Waals surface area contributed by atoms with E-state index in [0.717, 1.165) is 5.39 Å². The molecule has 0 saturated carbocycles. The van der Waals surface area contributed by atoms with Gasteiger partial charge >= 0.3 is 5.97 Å². The molecule has 0 radical (unpaired) electrons. The molecule has 0 spiro atoms. The van der Waals surface area contributed by atoms with Crippen LogP contribution < -0.4 is 5.32 Å². The molecule has 1 N–H and O–H groups in total. The number of anilines is 1. The molecule has 0 saturated heterocycles. The molecule has 0 fully saturated rings. The summed E-state index contributed by atoms with van der Waals surface area (Å²) in [7, 11) is 0. The lowest BCUT2D eigenvalue weighted by atomic mass is 9.87. The van der Waals surface area contributed by atoms with Gasteiger partial charge < -0.3 is 14.5 Å². The van der Waals surface area contributed by atoms with Crippen molar-refractivity contribution in [2.75, 3.05) is 11.9 Å². The van der Waals surface area contributed by atoms with Crippen molar-refractivity contribution in [2.24, 2.45) is 0 Å². The third-order valence-corrected chi connectivity index (χ3v) is 4.40. The molecule has 27 heavy (non-hydrogen) atoms. The van der Waals surface area contributed by atoms with Gasteiger partial charge in [0.15, 0.2) is 6.61 Å². The van der Waals surface area contributed by atoms with E-state index in [2.05, 4.69) is 26.1 Å². The number of rotatable bonds is 4. The van der Waals surface area contributed by atoms with Crippen LogP contribution in [0.2, 0.25) is 0 Å². The van der Waals surface area contributed by atoms with Crippen LogP contribution >= 0.6 is 0 Å². The Hall–Kier alpha value is -3.08. The Morgan fingerprint density at radius 2 is 1.70 bits per heavy atom. The Morgan fingerprint density at radius 3 is 2.33 bits per heavy atom. The molecule has 0 bridgehead atoms. The Balaban J connectivity index is 1.60. The first-order valence-electron chi connectivity index (χ1n) is 8.81. The SMILES string of the molecule is Cc1c(C(=O)OCC(=O)Nc2ccc(C(C)(C)C)cc2)oc2ccccc12. The van der Waals surface area contributed by atoms with Gasteiger partial charge in [0, 0.05) is 16.6 Å². The number of hydrogen-bond donors (Lipinski definition) is 1. The zero-order valence-corrected chi connectivity index (χ0v) is 16.0. The maximum atomic E-state index is 12.3. The largest absolute Gasteiger partial charge is 0.450 e. The van der Waals surface area contributed by atoms with E-state index in [9.17, 15) is 9.59 Å². The summed E-state index contributed by atoms with van der Waals surface area (Å²) in [6, 6.07) is 15.0. The Bertz CT molecular complexity index is 978. The predicted octanol–water partition coefficient (Wildman–Crippen LogP) is 4.83. The topological polar surface area (TPSA) is 68.5 Å². The van der Waals surface area contributed by atoms with E-state index in [1.54, 1.807) is 13.0 Å². The molecule has 2 aromatic carbocycles. The smallest absolute Gasteiger partial charge is 0.375 e. The van der Waals surface area contributed by atoms with Gasteiger partial charge in [-0.05, 0) is 36.1 Å². The molecular weight excluding hydrogens is 342 g/mol. The van der Waals surface area contributed by atoms with E-state index in [4.69, 9.17) is 9.15 Å². The average Bonchev–Trinajstić information content (AvgIpc) is 2.97. The van der Waals surface area contributed by atoms with Gasteiger partial charge in [-0.2, -0.15) is 0 Å². The molecule has 3 rings (SSSR count). The quantitative estimate of drug-likeness (QED) is 0.672. The first-order chi connectivity index (χ1) is 12.8. The molecule has 0 unspecified atom stereocenters. The third-order valence-electron chi connectivity index (χ3n) is 4.40. The van der Waals surface area contributed by atoms with Crippen molar-refractivity contribution in [1.82, 2.24) is 0 Å². The van der Waals surface area contributed by atoms with E-state index in [-0.39, 0.29) is 17.8 Å². The van der Waals surface area contributed by atoms with Crippen LogP contribution in [0, 0.1) is 6.92 Å². The molecule has 0 aliphatic carbocycles. The van der Waals surface area contributed by atoms with Crippen LogP contribution in [-0.2, 0) is 14.9 Å². The first-order valence-corrected chi connectivity index (χ1v) is 8.81. The highest BCUT2D eigenvalue weighted by molar-refractivity contribution is 5.98. The van der Waals surface area contributed by atoms with Gasteiger partial charge in [0.05, 0.1) is 0 Å². The summed E-state index contributed by atoms with van der Waals surface area (Å²) in [4.78, 5) is 24.3. The molecule has 5 nitrogen and oxygen atoms in total. The Morgan fingerprint density at radius 1 is 1.04 bits per heavy atom. The fourth-order valence-corrected chi connectivity index (χ4v) is 2.82. The number of esters is 1. The lowest BCUT2D eigenvalue weighted by molar-refractivity contribution is -0.119. The summed E-state index contributed by atoms with van der Waals surface area (Å²) in [6.45, 7) is 7.79. The van der Waals surface area contributed by atoms with Gasteiger partial charge in [0.1, 0.15) is 5.58 Å². The normalized spacial score (nSPS) is 11.4. The highest BCUT2D eigenvalue weighted by Crippen LogP contribution is 2.25. The fraction of sp³-hybridized carbons (Fsp3) is 0.273. The number of hydrogen-bond acceptors (Lipinski definition) is 4. The van der Waals surface area contributed by atoms with Gasteiger partial charge in [-0.25, -0.2) is 4.79 Å². The summed E-state index contributed by atoms with van der Waals surface area (Å²) in [5, 5.41) is 3.58. The molecule has 1 amide bonds. The Kier molecular flexibility index (Phi) is 5.04. The van der Waals surface area contributed by atoms with Gasteiger partial charge in [0.2, 0.25) is 5.76 Å². The molecule has 0 aliphatic heterocycles. The number of furan rings is 1. The molecule has 1 aromatic heterocycles. The van der Waals surface area contributed by atoms with E-state index in [1.807, 2.05) is 42.5 Å². The lowest BCUT2D eigenvalue weighted by Gasteiger charge is -2.19. The molecule has 0 atom stereocenters. The van der Waals surface area contributed by atoms with E-state index in [0.29, 0.717) is 16.8 Å². The number of para-hydroxylation sites is 1. The zero-order chi connectivity index (χ0) is 19.6. The van der Waals surface area contributed by atoms with Crippen molar-refractivity contribution in [3.05, 3.63) is 65.4 Å². The second kappa shape index (κ2) is 7.27. The molecule has 5 heteroatoms. The maximum Gasteiger partial charge on any atom is 0.375 e. The summed E-state index contributed by atoms with van der Waals surface area (Å²) in [6.07, 6.45) is 0. The minimum absolute atomic E-state index is 0.0442. The van der Waals surface area contributed by atoms with Gasteiger partial charge in [0.25, 0.3) is 5.91 Å². The monoisotopic (exact) mass is 365 g/mol. The predicted molar refractivity (Wildman–Crippen MR) is 105 cm³/mol. The van der Waals surface area contributed by atoms with Gasteiger partial charge in [-0.1, -0.05) is 51.1 Å². The molecule has 0 aliphatic rings. The van der Waals surface area contributed by atoms with Crippen LogP contribution in [0.5, 0.6) is 0 Å². The number of carbonyl (C=O) groups is 2. The third kappa shape index (κ3) is 4.19. The second-order valence-corrected chi connectivity index (χ2v) is 7.50. The second-order valence-electron chi connectivity index (χ2n) is 7.50. The fourth-order valence-electron chi connectivity index (χ4n) is 2.82. The van der Waals surface area contributed by atoms with Gasteiger partial charge in [-0.3, -0.25) is 4.79 Å². The van der Waals surface area contributed by atoms with Crippen LogP contribution in [0.3, 0.4) is 0 Å². The summed E-state index contributed by atoms with van der Waals surface area (Å²) < 4.78 is 10.7. The van der Waals surface area contributed by atoms with Crippen molar-refractivity contribution < 1.29 is 18.7 Å². The van der Waals surface area contributed by atoms with Crippen molar-refractivity contribution in [1.29, 1.82) is 0 Å². The van der Waals surface area contributed by atoms with Crippen molar-refractivity contribution in [2.45, 2.75) is 33.1 Å². The number of benzene rings is 2. The molecule has 140 valence electrons. The first kappa shape index (κ1) is 18.7. The minimum Gasteiger partial charge on any atom is -0.450 e. The van der Waals surface area contributed by atoms with E-state index >= 15 is 0 Å². The van der Waals surface area contributed by atoms with Crippen LogP contribution in [-0.4, -0.2) is 18.5 Å². The molecule has 1 heterocycles. The number of amides is 1. The molecule has 3 aromatic rings. The maximum absolute atomic E-state index is 12.3. The standard InChI is InChI=1S/C22H23NO4/c1-14-17-7-5-6-8-18(17)27-20(14)21(25)26-13-19(24)23-16-11-9-15(10-12-16)22(2,3)4/h5-12H,13H2,1-4H3,(H,23,24). The van der Waals surface area contributed by atoms with Crippen LogP contribution in [0.25, 0.3) is 11.0 Å². The highest BCUT2D eigenvalue weighted by Gasteiger charge is 2.20. The van der Waals surface area contributed by atoms with Crippen LogP contribution in [0.1, 0.15) is 42.5 Å². The van der Waals surface area contributed by atoms with E-state index < -0.39 is 11.9 Å². The highest BCUT2D eigenvalue weighted by atomic mass is 16.5. The summed E-state index contributed by atoms with van der Waals surface area (Å²) >= 11 is 0. The molecular formula is C22H23NO4. The van der Waals surface area contributed by atoms with Gasteiger partial charge in [-0.15, -0.1) is 0 Å². The van der Waals surface area contributed by atoms with Crippen molar-refractivity contribution in [3.8, 4) is 0 Å².